The normalized spacial score (nSPS) is 9.90. The summed E-state index contributed by atoms with van der Waals surface area (Å²) in [7, 11) is 0. The summed E-state index contributed by atoms with van der Waals surface area (Å²) < 4.78 is 1.28. The van der Waals surface area contributed by atoms with Gasteiger partial charge in [0.1, 0.15) is 0 Å². The molecule has 0 spiro atoms. The van der Waals surface area contributed by atoms with Gasteiger partial charge in [0, 0.05) is 9.26 Å². The zero-order valence-electron chi connectivity index (χ0n) is 6.11. The molecule has 0 atom stereocenters. The van der Waals surface area contributed by atoms with Gasteiger partial charge >= 0.3 is 0 Å². The lowest BCUT2D eigenvalue weighted by Gasteiger charge is -2.04. The SMILES string of the molecule is Cc1ccc(N)c(C)c1I. The number of nitrogen functional groups attached to an aromatic ring is 1. The maximum absolute atomic E-state index is 5.68. The summed E-state index contributed by atoms with van der Waals surface area (Å²) in [5.41, 5.74) is 9.06. The highest BCUT2D eigenvalue weighted by molar-refractivity contribution is 14.1. The van der Waals surface area contributed by atoms with E-state index in [9.17, 15) is 0 Å². The standard InChI is InChI=1S/C8H10IN/c1-5-3-4-7(10)6(2)8(5)9/h3-4H,10H2,1-2H3. The molecule has 1 aromatic carbocycles. The first-order chi connectivity index (χ1) is 4.63. The van der Waals surface area contributed by atoms with E-state index in [1.165, 1.54) is 14.7 Å². The van der Waals surface area contributed by atoms with Gasteiger partial charge in [0.2, 0.25) is 0 Å². The van der Waals surface area contributed by atoms with Crippen LogP contribution >= 0.6 is 22.6 Å². The fourth-order valence-electron chi connectivity index (χ4n) is 0.835. The molecule has 0 aliphatic carbocycles. The quantitative estimate of drug-likeness (QED) is 0.553. The second kappa shape index (κ2) is 2.78. The summed E-state index contributed by atoms with van der Waals surface area (Å²) in [5.74, 6) is 0. The van der Waals surface area contributed by atoms with Crippen molar-refractivity contribution >= 4 is 28.3 Å². The lowest BCUT2D eigenvalue weighted by atomic mass is 10.1. The minimum Gasteiger partial charge on any atom is -0.398 e. The Kier molecular flexibility index (Phi) is 2.18. The van der Waals surface area contributed by atoms with E-state index in [1.54, 1.807) is 0 Å². The molecule has 0 aliphatic rings. The molecule has 0 radical (unpaired) electrons. The molecular weight excluding hydrogens is 237 g/mol. The van der Waals surface area contributed by atoms with Gasteiger partial charge in [0.15, 0.2) is 0 Å². The third-order valence-corrected chi connectivity index (χ3v) is 3.28. The Morgan fingerprint density at radius 1 is 1.30 bits per heavy atom. The van der Waals surface area contributed by atoms with E-state index >= 15 is 0 Å². The van der Waals surface area contributed by atoms with Crippen LogP contribution in [-0.4, -0.2) is 0 Å². The number of nitrogens with two attached hydrogens (primary N) is 1. The Hall–Kier alpha value is -0.250. The van der Waals surface area contributed by atoms with Gasteiger partial charge in [-0.15, -0.1) is 0 Å². The topological polar surface area (TPSA) is 26.0 Å². The van der Waals surface area contributed by atoms with Crippen LogP contribution in [0, 0.1) is 17.4 Å². The van der Waals surface area contributed by atoms with Crippen molar-refractivity contribution in [2.24, 2.45) is 0 Å². The van der Waals surface area contributed by atoms with Crippen LogP contribution in [0.25, 0.3) is 0 Å². The van der Waals surface area contributed by atoms with Crippen molar-refractivity contribution in [1.29, 1.82) is 0 Å². The van der Waals surface area contributed by atoms with Crippen molar-refractivity contribution < 1.29 is 0 Å². The molecule has 1 rings (SSSR count). The van der Waals surface area contributed by atoms with Crippen LogP contribution in [0.15, 0.2) is 12.1 Å². The number of benzene rings is 1. The Balaban J connectivity index is 3.34. The number of halogens is 1. The first-order valence-electron chi connectivity index (χ1n) is 3.14. The molecule has 0 heterocycles. The minimum absolute atomic E-state index is 0.884. The molecule has 0 bridgehead atoms. The highest BCUT2D eigenvalue weighted by Crippen LogP contribution is 2.20. The minimum atomic E-state index is 0.884. The number of hydrogen-bond acceptors (Lipinski definition) is 1. The summed E-state index contributed by atoms with van der Waals surface area (Å²) in [6.45, 7) is 4.14. The molecule has 0 saturated carbocycles. The molecule has 0 saturated heterocycles. The van der Waals surface area contributed by atoms with Crippen molar-refractivity contribution in [3.63, 3.8) is 0 Å². The lowest BCUT2D eigenvalue weighted by Crippen LogP contribution is -1.93. The molecular formula is C8H10IN. The van der Waals surface area contributed by atoms with Gasteiger partial charge in [-0.3, -0.25) is 0 Å². The van der Waals surface area contributed by atoms with E-state index < -0.39 is 0 Å². The van der Waals surface area contributed by atoms with Gasteiger partial charge in [0.25, 0.3) is 0 Å². The molecule has 2 N–H and O–H groups in total. The van der Waals surface area contributed by atoms with Crippen molar-refractivity contribution in [1.82, 2.24) is 0 Å². The third kappa shape index (κ3) is 1.26. The van der Waals surface area contributed by atoms with Crippen molar-refractivity contribution in [3.8, 4) is 0 Å². The van der Waals surface area contributed by atoms with Gasteiger partial charge in [-0.05, 0) is 53.6 Å². The fourth-order valence-corrected chi connectivity index (χ4v) is 1.33. The van der Waals surface area contributed by atoms with Gasteiger partial charge < -0.3 is 5.73 Å². The zero-order chi connectivity index (χ0) is 7.72. The van der Waals surface area contributed by atoms with Crippen LogP contribution in [0.5, 0.6) is 0 Å². The summed E-state index contributed by atoms with van der Waals surface area (Å²) in [4.78, 5) is 0. The lowest BCUT2D eigenvalue weighted by molar-refractivity contribution is 1.34. The average molecular weight is 247 g/mol. The fraction of sp³-hybridized carbons (Fsp3) is 0.250. The number of aryl methyl sites for hydroxylation is 1. The monoisotopic (exact) mass is 247 g/mol. The average Bonchev–Trinajstić information content (AvgIpc) is 1.93. The second-order valence-corrected chi connectivity index (χ2v) is 3.49. The highest BCUT2D eigenvalue weighted by atomic mass is 127. The third-order valence-electron chi connectivity index (χ3n) is 1.62. The van der Waals surface area contributed by atoms with E-state index in [4.69, 9.17) is 5.73 Å². The van der Waals surface area contributed by atoms with E-state index in [1.807, 2.05) is 19.1 Å². The highest BCUT2D eigenvalue weighted by Gasteiger charge is 1.99. The molecule has 1 aromatic rings. The van der Waals surface area contributed by atoms with Crippen LogP contribution in [0.3, 0.4) is 0 Å². The van der Waals surface area contributed by atoms with Crippen molar-refractivity contribution in [3.05, 3.63) is 26.8 Å². The summed E-state index contributed by atoms with van der Waals surface area (Å²) in [5, 5.41) is 0. The predicted molar refractivity (Wildman–Crippen MR) is 53.0 cm³/mol. The van der Waals surface area contributed by atoms with Crippen molar-refractivity contribution in [2.75, 3.05) is 5.73 Å². The Labute approximate surface area is 74.8 Å². The first-order valence-corrected chi connectivity index (χ1v) is 4.22. The molecule has 0 aliphatic heterocycles. The number of rotatable bonds is 0. The Morgan fingerprint density at radius 3 is 2.40 bits per heavy atom. The number of hydrogen-bond donors (Lipinski definition) is 1. The summed E-state index contributed by atoms with van der Waals surface area (Å²) in [6, 6.07) is 4.00. The van der Waals surface area contributed by atoms with Crippen LogP contribution in [0.2, 0.25) is 0 Å². The van der Waals surface area contributed by atoms with E-state index in [0.29, 0.717) is 0 Å². The van der Waals surface area contributed by atoms with Gasteiger partial charge in [-0.2, -0.15) is 0 Å². The predicted octanol–water partition coefficient (Wildman–Crippen LogP) is 2.49. The first kappa shape index (κ1) is 7.85. The molecule has 0 fully saturated rings. The summed E-state index contributed by atoms with van der Waals surface area (Å²) >= 11 is 2.31. The molecule has 0 unspecified atom stereocenters. The Bertz CT molecular complexity index is 229. The summed E-state index contributed by atoms with van der Waals surface area (Å²) in [6.07, 6.45) is 0. The molecule has 0 aromatic heterocycles. The number of anilines is 1. The second-order valence-electron chi connectivity index (χ2n) is 2.41. The van der Waals surface area contributed by atoms with Crippen LogP contribution < -0.4 is 5.73 Å². The largest absolute Gasteiger partial charge is 0.398 e. The molecule has 1 nitrogen and oxygen atoms in total. The molecule has 10 heavy (non-hydrogen) atoms. The van der Waals surface area contributed by atoms with Crippen LogP contribution in [0.1, 0.15) is 11.1 Å². The van der Waals surface area contributed by atoms with Gasteiger partial charge in [0.05, 0.1) is 0 Å². The van der Waals surface area contributed by atoms with Crippen molar-refractivity contribution in [2.45, 2.75) is 13.8 Å². The molecule has 0 amide bonds. The van der Waals surface area contributed by atoms with Gasteiger partial charge in [-0.1, -0.05) is 6.07 Å². The van der Waals surface area contributed by atoms with E-state index in [0.717, 1.165) is 5.69 Å². The van der Waals surface area contributed by atoms with E-state index in [-0.39, 0.29) is 0 Å². The molecule has 2 heteroatoms. The van der Waals surface area contributed by atoms with Crippen LogP contribution in [-0.2, 0) is 0 Å². The Morgan fingerprint density at radius 2 is 1.90 bits per heavy atom. The van der Waals surface area contributed by atoms with Crippen LogP contribution in [0.4, 0.5) is 5.69 Å². The molecule has 54 valence electrons. The van der Waals surface area contributed by atoms with Gasteiger partial charge in [-0.25, -0.2) is 0 Å². The zero-order valence-corrected chi connectivity index (χ0v) is 8.27. The maximum Gasteiger partial charge on any atom is 0.0354 e. The van der Waals surface area contributed by atoms with E-state index in [2.05, 4.69) is 29.5 Å². The smallest absolute Gasteiger partial charge is 0.0354 e. The maximum atomic E-state index is 5.68.